The van der Waals surface area contributed by atoms with E-state index in [1.54, 1.807) is 12.1 Å². The zero-order chi connectivity index (χ0) is 50.8. The first-order valence-corrected chi connectivity index (χ1v) is 20.9. The lowest BCUT2D eigenvalue weighted by Gasteiger charge is -2.16. The molecule has 0 saturated carbocycles. The van der Waals surface area contributed by atoms with Crippen LogP contribution in [0.4, 0.5) is 0 Å². The SMILES string of the molecule is [2H]c1c([2H])c([2H])c(-c2cc(-c3c([2H])c([2H])c([2H])c([2H])c3[2H])cc(-n3c4ccccc4c4ccc5c6ccccc6n(-c6nc(-c7ccccc7)nc(-c7ccc8c(ccc9ccccc98)c7)n6)c5c43)c2)c([2H])c1[2H]. The van der Waals surface area contributed by atoms with E-state index < -0.39 is 60.4 Å². The predicted molar refractivity (Wildman–Crippen MR) is 265 cm³/mol. The van der Waals surface area contributed by atoms with Gasteiger partial charge < -0.3 is 4.57 Å². The number of para-hydroxylation sites is 2. The van der Waals surface area contributed by atoms with Crippen molar-refractivity contribution in [3.63, 3.8) is 0 Å². The van der Waals surface area contributed by atoms with Gasteiger partial charge in [0, 0.05) is 38.4 Å². The van der Waals surface area contributed by atoms with E-state index in [0.29, 0.717) is 28.8 Å². The molecule has 5 heteroatoms. The van der Waals surface area contributed by atoms with E-state index in [-0.39, 0.29) is 22.3 Å². The summed E-state index contributed by atoms with van der Waals surface area (Å²) in [7, 11) is 0. The highest BCUT2D eigenvalue weighted by molar-refractivity contribution is 6.23. The Kier molecular flexibility index (Phi) is 6.18. The number of benzene rings is 10. The summed E-state index contributed by atoms with van der Waals surface area (Å²) in [4.78, 5) is 15.8. The molecule has 298 valence electrons. The van der Waals surface area contributed by atoms with Crippen LogP contribution in [0.15, 0.2) is 224 Å². The van der Waals surface area contributed by atoms with Crippen LogP contribution in [-0.4, -0.2) is 24.1 Å². The standard InChI is InChI=1S/C59H37N5/c1-4-16-38(17-5-1)44-35-45(39-18-6-2-7-19-39)37-46(36-44)63-53-26-14-12-24-49(53)51-32-33-52-50-25-13-15-27-54(50)64(56(52)55(51)63)59-61-57(41-21-8-3-9-22-41)60-58(62-59)43-30-31-48-42(34-43)29-28-40-20-10-11-23-47(40)48/h1-37H/i1D,2D,4D,5D,6D,7D,16D,17D,18D,19D. The van der Waals surface area contributed by atoms with Crippen LogP contribution in [-0.2, 0) is 0 Å². The lowest BCUT2D eigenvalue weighted by Crippen LogP contribution is -2.07. The van der Waals surface area contributed by atoms with Gasteiger partial charge in [-0.3, -0.25) is 4.57 Å². The van der Waals surface area contributed by atoms with Crippen molar-refractivity contribution in [3.05, 3.63) is 224 Å². The molecule has 13 rings (SSSR count). The van der Waals surface area contributed by atoms with E-state index in [2.05, 4.69) is 54.6 Å². The van der Waals surface area contributed by atoms with Crippen LogP contribution in [0.2, 0.25) is 0 Å². The second-order valence-electron chi connectivity index (χ2n) is 15.7. The third-order valence-electron chi connectivity index (χ3n) is 12.1. The zero-order valence-corrected chi connectivity index (χ0v) is 33.8. The smallest absolute Gasteiger partial charge is 0.238 e. The summed E-state index contributed by atoms with van der Waals surface area (Å²) < 4.78 is 91.9. The molecule has 0 amide bonds. The fraction of sp³-hybridized carbons (Fsp3) is 0. The van der Waals surface area contributed by atoms with Gasteiger partial charge in [0.25, 0.3) is 0 Å². The number of fused-ring (bicyclic) bond motifs is 10. The molecule has 0 bridgehead atoms. The number of hydrogen-bond acceptors (Lipinski definition) is 3. The molecular weight excluding hydrogens is 779 g/mol. The average Bonchev–Trinajstić information content (AvgIpc) is 3.96. The lowest BCUT2D eigenvalue weighted by atomic mass is 9.98. The highest BCUT2D eigenvalue weighted by Gasteiger charge is 2.24. The van der Waals surface area contributed by atoms with Crippen molar-refractivity contribution in [1.82, 2.24) is 24.1 Å². The summed E-state index contributed by atoms with van der Waals surface area (Å²) in [5, 5.41) is 7.90. The Hall–Kier alpha value is -8.67. The molecule has 5 nitrogen and oxygen atoms in total. The molecule has 3 aromatic heterocycles. The summed E-state index contributed by atoms with van der Waals surface area (Å²) in [6.07, 6.45) is 0. The van der Waals surface area contributed by atoms with E-state index in [1.807, 2.05) is 100 Å². The number of rotatable bonds is 6. The Morgan fingerprint density at radius 2 is 0.844 bits per heavy atom. The summed E-state index contributed by atoms with van der Waals surface area (Å²) in [6.45, 7) is 0. The molecule has 0 unspecified atom stereocenters. The van der Waals surface area contributed by atoms with Gasteiger partial charge in [-0.2, -0.15) is 9.97 Å². The molecule has 0 fully saturated rings. The predicted octanol–water partition coefficient (Wildman–Crippen LogP) is 15.0. The van der Waals surface area contributed by atoms with E-state index in [1.165, 1.54) is 6.07 Å². The van der Waals surface area contributed by atoms with Crippen LogP contribution in [0.3, 0.4) is 0 Å². The number of nitrogens with zero attached hydrogens (tertiary/aromatic N) is 5. The molecule has 3 heterocycles. The van der Waals surface area contributed by atoms with E-state index >= 15 is 0 Å². The minimum absolute atomic E-state index is 0.112. The molecule has 0 aliphatic carbocycles. The van der Waals surface area contributed by atoms with Gasteiger partial charge in [0.15, 0.2) is 11.6 Å². The summed E-state index contributed by atoms with van der Waals surface area (Å²) >= 11 is 0. The van der Waals surface area contributed by atoms with Crippen molar-refractivity contribution in [3.8, 4) is 56.7 Å². The summed E-state index contributed by atoms with van der Waals surface area (Å²) in [6, 6.07) is 48.4. The van der Waals surface area contributed by atoms with Gasteiger partial charge in [-0.25, -0.2) is 4.98 Å². The maximum Gasteiger partial charge on any atom is 0.238 e. The third kappa shape index (κ3) is 5.75. The van der Waals surface area contributed by atoms with Crippen LogP contribution >= 0.6 is 0 Å². The third-order valence-corrected chi connectivity index (χ3v) is 12.1. The highest BCUT2D eigenvalue weighted by atomic mass is 15.2. The van der Waals surface area contributed by atoms with Gasteiger partial charge in [-0.05, 0) is 80.2 Å². The molecule has 0 radical (unpaired) electrons. The van der Waals surface area contributed by atoms with Crippen LogP contribution in [0.1, 0.15) is 13.7 Å². The number of aromatic nitrogens is 5. The van der Waals surface area contributed by atoms with E-state index in [4.69, 9.17) is 28.7 Å². The average molecular weight is 826 g/mol. The maximum atomic E-state index is 9.10. The molecule has 0 N–H and O–H groups in total. The Morgan fingerprint density at radius 3 is 1.52 bits per heavy atom. The molecule has 10 aromatic carbocycles. The molecule has 0 saturated heterocycles. The van der Waals surface area contributed by atoms with Crippen LogP contribution < -0.4 is 0 Å². The Morgan fingerprint density at radius 1 is 0.328 bits per heavy atom. The van der Waals surface area contributed by atoms with Crippen molar-refractivity contribution in [1.29, 1.82) is 0 Å². The Labute approximate surface area is 382 Å². The minimum atomic E-state index is -0.561. The van der Waals surface area contributed by atoms with Gasteiger partial charge in [-0.15, -0.1) is 0 Å². The second-order valence-corrected chi connectivity index (χ2v) is 15.7. The molecule has 0 aliphatic heterocycles. The van der Waals surface area contributed by atoms with E-state index in [0.717, 1.165) is 70.8 Å². The van der Waals surface area contributed by atoms with E-state index in [9.17, 15) is 0 Å². The molecule has 0 spiro atoms. The summed E-state index contributed by atoms with van der Waals surface area (Å²) in [5.41, 5.74) is 5.10. The van der Waals surface area contributed by atoms with Gasteiger partial charge in [0.2, 0.25) is 5.95 Å². The fourth-order valence-corrected chi connectivity index (χ4v) is 9.26. The van der Waals surface area contributed by atoms with Crippen molar-refractivity contribution < 1.29 is 13.7 Å². The molecule has 64 heavy (non-hydrogen) atoms. The fourth-order valence-electron chi connectivity index (χ4n) is 9.26. The van der Waals surface area contributed by atoms with Gasteiger partial charge >= 0.3 is 0 Å². The zero-order valence-electron chi connectivity index (χ0n) is 43.8. The Balaban J connectivity index is 1.16. The quantitative estimate of drug-likeness (QED) is 0.157. The largest absolute Gasteiger partial charge is 0.307 e. The topological polar surface area (TPSA) is 48.5 Å². The molecule has 0 atom stereocenters. The highest BCUT2D eigenvalue weighted by Crippen LogP contribution is 2.43. The van der Waals surface area contributed by atoms with Crippen molar-refractivity contribution in [2.45, 2.75) is 0 Å². The van der Waals surface area contributed by atoms with Crippen molar-refractivity contribution >= 4 is 65.2 Å². The molecule has 0 aliphatic rings. The van der Waals surface area contributed by atoms with Crippen LogP contribution in [0.5, 0.6) is 0 Å². The van der Waals surface area contributed by atoms with Gasteiger partial charge in [-0.1, -0.05) is 188 Å². The van der Waals surface area contributed by atoms with Crippen LogP contribution in [0, 0.1) is 0 Å². The molecule has 13 aromatic rings. The van der Waals surface area contributed by atoms with Gasteiger partial charge in [0.1, 0.15) is 0 Å². The second kappa shape index (κ2) is 14.5. The summed E-state index contributed by atoms with van der Waals surface area (Å²) in [5.74, 6) is 1.25. The lowest BCUT2D eigenvalue weighted by molar-refractivity contribution is 0.953. The molecular formula is C59H37N5. The number of hydrogen-bond donors (Lipinski definition) is 0. The van der Waals surface area contributed by atoms with Crippen molar-refractivity contribution in [2.75, 3.05) is 0 Å². The van der Waals surface area contributed by atoms with Crippen LogP contribution in [0.25, 0.3) is 122 Å². The first-order valence-electron chi connectivity index (χ1n) is 25.9. The maximum absolute atomic E-state index is 9.10. The monoisotopic (exact) mass is 825 g/mol. The normalized spacial score (nSPS) is 13.9. The first kappa shape index (κ1) is 27.3. The first-order chi connectivity index (χ1) is 35.9. The minimum Gasteiger partial charge on any atom is -0.307 e. The van der Waals surface area contributed by atoms with Gasteiger partial charge in [0.05, 0.1) is 35.8 Å². The van der Waals surface area contributed by atoms with Crippen molar-refractivity contribution in [2.24, 2.45) is 0 Å². The Bertz CT molecular complexity index is 4420.